The van der Waals surface area contributed by atoms with Crippen molar-refractivity contribution in [1.29, 1.82) is 0 Å². The van der Waals surface area contributed by atoms with Gasteiger partial charge < -0.3 is 29.3 Å². The van der Waals surface area contributed by atoms with Crippen molar-refractivity contribution in [3.63, 3.8) is 0 Å². The molecular weight excluding hydrogens is 622 g/mol. The maximum absolute atomic E-state index is 12.8. The quantitative estimate of drug-likeness (QED) is 0.318. The number of carbonyl (C=O) groups is 2. The molecule has 7 rings (SSSR count). The first-order valence-electron chi connectivity index (χ1n) is 18.2. The monoisotopic (exact) mass is 673 g/mol. The third-order valence-electron chi connectivity index (χ3n) is 10.7. The lowest BCUT2D eigenvalue weighted by molar-refractivity contribution is -0.118. The van der Waals surface area contributed by atoms with Crippen LogP contribution in [0.1, 0.15) is 96.9 Å². The van der Waals surface area contributed by atoms with E-state index < -0.39 is 11.7 Å². The Hall–Kier alpha value is -3.77. The van der Waals surface area contributed by atoms with E-state index in [0.717, 1.165) is 98.6 Å². The number of rotatable bonds is 7. The highest BCUT2D eigenvalue weighted by atomic mass is 16.6. The summed E-state index contributed by atoms with van der Waals surface area (Å²) in [7, 11) is 0. The second-order valence-corrected chi connectivity index (χ2v) is 15.2. The van der Waals surface area contributed by atoms with Gasteiger partial charge in [-0.1, -0.05) is 19.1 Å². The van der Waals surface area contributed by atoms with Gasteiger partial charge in [-0.15, -0.1) is 5.10 Å². The minimum atomic E-state index is -0.564. The van der Waals surface area contributed by atoms with Crippen molar-refractivity contribution < 1.29 is 23.8 Å². The van der Waals surface area contributed by atoms with Crippen molar-refractivity contribution in [2.24, 2.45) is 5.41 Å². The molecule has 3 saturated heterocycles. The minimum absolute atomic E-state index is 0.0957. The van der Waals surface area contributed by atoms with Crippen molar-refractivity contribution in [3.8, 4) is 0 Å². The zero-order valence-electron chi connectivity index (χ0n) is 29.7. The molecule has 0 saturated carbocycles. The van der Waals surface area contributed by atoms with Gasteiger partial charge in [-0.3, -0.25) is 4.79 Å². The molecule has 6 heterocycles. The van der Waals surface area contributed by atoms with Gasteiger partial charge in [0.05, 0.1) is 24.9 Å². The number of fused-ring (bicyclic) bond motifs is 2. The average Bonchev–Trinajstić information content (AvgIpc) is 3.61. The summed E-state index contributed by atoms with van der Waals surface area (Å²) in [6.07, 6.45) is 8.77. The summed E-state index contributed by atoms with van der Waals surface area (Å²) in [5.74, 6) is 1.85. The predicted molar refractivity (Wildman–Crippen MR) is 187 cm³/mol. The van der Waals surface area contributed by atoms with Gasteiger partial charge in [0.15, 0.2) is 23.2 Å². The molecule has 1 amide bonds. The Kier molecular flexibility index (Phi) is 9.29. The molecule has 1 unspecified atom stereocenters. The highest BCUT2D eigenvalue weighted by Crippen LogP contribution is 2.44. The number of alkyl carbamates (subject to hydrolysis) is 1. The number of hydrogen-bond acceptors (Lipinski definition) is 10. The van der Waals surface area contributed by atoms with Gasteiger partial charge in [0, 0.05) is 50.2 Å². The Morgan fingerprint density at radius 2 is 1.92 bits per heavy atom. The summed E-state index contributed by atoms with van der Waals surface area (Å²) in [6, 6.07) is 6.15. The SMILES string of the molecule is CCC(=O)Cc1cccc2c1CCCN2c1nn(C2CCCCO2)c2nc(N3CCC4(CC3)CO[C@@H](C)[C@H]4NC(=O)OC(C)(C)C)cnc12. The second-order valence-electron chi connectivity index (χ2n) is 15.2. The molecule has 3 fully saturated rings. The maximum atomic E-state index is 12.8. The van der Waals surface area contributed by atoms with E-state index in [1.54, 1.807) is 0 Å². The number of hydrogen-bond donors (Lipinski definition) is 1. The van der Waals surface area contributed by atoms with Crippen LogP contribution >= 0.6 is 0 Å². The van der Waals surface area contributed by atoms with Gasteiger partial charge in [-0.05, 0) is 89.8 Å². The fraction of sp³-hybridized carbons (Fsp3) is 0.649. The number of nitrogens with zero attached hydrogens (tertiary/aromatic N) is 6. The lowest BCUT2D eigenvalue weighted by Crippen LogP contribution is -2.55. The van der Waals surface area contributed by atoms with E-state index in [4.69, 9.17) is 29.3 Å². The molecule has 4 aliphatic rings. The van der Waals surface area contributed by atoms with E-state index in [1.807, 2.05) is 45.5 Å². The molecule has 49 heavy (non-hydrogen) atoms. The number of ketones is 1. The molecule has 2 aromatic heterocycles. The van der Waals surface area contributed by atoms with Crippen LogP contribution in [0.4, 0.5) is 22.1 Å². The van der Waals surface area contributed by atoms with E-state index in [2.05, 4.69) is 33.3 Å². The number of ether oxygens (including phenoxy) is 3. The van der Waals surface area contributed by atoms with E-state index in [1.165, 1.54) is 5.56 Å². The van der Waals surface area contributed by atoms with Gasteiger partial charge in [0.2, 0.25) is 0 Å². The first kappa shape index (κ1) is 33.7. The zero-order valence-corrected chi connectivity index (χ0v) is 29.7. The van der Waals surface area contributed by atoms with Crippen molar-refractivity contribution >= 4 is 40.4 Å². The lowest BCUT2D eigenvalue weighted by atomic mass is 9.73. The molecule has 3 aromatic rings. The topological polar surface area (TPSA) is 124 Å². The van der Waals surface area contributed by atoms with Crippen LogP contribution in [0, 0.1) is 5.41 Å². The molecule has 12 nitrogen and oxygen atoms in total. The number of nitrogens with one attached hydrogen (secondary N) is 1. The highest BCUT2D eigenvalue weighted by Gasteiger charge is 2.50. The van der Waals surface area contributed by atoms with Crippen LogP contribution < -0.4 is 15.1 Å². The van der Waals surface area contributed by atoms with Crippen molar-refractivity contribution in [3.05, 3.63) is 35.5 Å². The normalized spacial score (nSPS) is 23.9. The molecule has 0 bridgehead atoms. The van der Waals surface area contributed by atoms with Crippen molar-refractivity contribution in [2.45, 2.75) is 116 Å². The smallest absolute Gasteiger partial charge is 0.407 e. The number of amides is 1. The Balaban J connectivity index is 1.17. The summed E-state index contributed by atoms with van der Waals surface area (Å²) in [5, 5.41) is 8.34. The van der Waals surface area contributed by atoms with Crippen LogP contribution in [0.2, 0.25) is 0 Å². The molecule has 12 heteroatoms. The number of Topliss-reactive ketones (excluding diaryl/α,β-unsaturated/α-hetero) is 1. The molecule has 1 N–H and O–H groups in total. The molecule has 0 aliphatic carbocycles. The Bertz CT molecular complexity index is 1690. The van der Waals surface area contributed by atoms with Crippen LogP contribution in [0.3, 0.4) is 0 Å². The number of anilines is 3. The molecule has 264 valence electrons. The number of piperidine rings is 1. The fourth-order valence-corrected chi connectivity index (χ4v) is 8.08. The lowest BCUT2D eigenvalue weighted by Gasteiger charge is -2.42. The second kappa shape index (κ2) is 13.5. The molecule has 4 aliphatic heterocycles. The van der Waals surface area contributed by atoms with Crippen LogP contribution in [0.15, 0.2) is 24.4 Å². The predicted octanol–water partition coefficient (Wildman–Crippen LogP) is 6.03. The Morgan fingerprint density at radius 3 is 2.65 bits per heavy atom. The van der Waals surface area contributed by atoms with Crippen LogP contribution in [0.5, 0.6) is 0 Å². The van der Waals surface area contributed by atoms with E-state index in [-0.39, 0.29) is 29.6 Å². The van der Waals surface area contributed by atoms with Crippen LogP contribution in [0.25, 0.3) is 11.2 Å². The standard InChI is InChI=1S/C37H51N7O5/c1-6-26(45)21-25-11-9-13-28-27(25)12-10-17-43(28)34-31-33(44(41-34)30-14-7-8-20-47-30)39-29(22-38-31)42-18-15-37(16-19-42)23-48-24(2)32(37)40-35(46)49-36(3,4)5/h9,11,13,22,24,30,32H,6-8,10,12,14-21,23H2,1-5H3,(H,40,46)/t24-,30?,32+/m0/s1. The Morgan fingerprint density at radius 1 is 1.10 bits per heavy atom. The summed E-state index contributed by atoms with van der Waals surface area (Å²) in [5.41, 5.74) is 4.18. The van der Waals surface area contributed by atoms with Crippen molar-refractivity contribution in [2.75, 3.05) is 42.6 Å². The third kappa shape index (κ3) is 6.73. The van der Waals surface area contributed by atoms with Crippen LogP contribution in [-0.4, -0.2) is 82.2 Å². The number of aromatic nitrogens is 4. The van der Waals surface area contributed by atoms with Gasteiger partial charge >= 0.3 is 6.09 Å². The minimum Gasteiger partial charge on any atom is -0.444 e. The fourth-order valence-electron chi connectivity index (χ4n) is 8.08. The number of carbonyl (C=O) groups excluding carboxylic acids is 2. The first-order valence-corrected chi connectivity index (χ1v) is 18.2. The summed E-state index contributed by atoms with van der Waals surface area (Å²) in [4.78, 5) is 40.0. The zero-order chi connectivity index (χ0) is 34.3. The maximum Gasteiger partial charge on any atom is 0.407 e. The summed E-state index contributed by atoms with van der Waals surface area (Å²) < 4.78 is 19.9. The molecule has 3 atom stereocenters. The largest absolute Gasteiger partial charge is 0.444 e. The molecule has 1 aromatic carbocycles. The highest BCUT2D eigenvalue weighted by molar-refractivity contribution is 5.89. The van der Waals surface area contributed by atoms with E-state index in [0.29, 0.717) is 26.1 Å². The van der Waals surface area contributed by atoms with E-state index in [9.17, 15) is 9.59 Å². The van der Waals surface area contributed by atoms with Gasteiger partial charge in [-0.25, -0.2) is 19.4 Å². The third-order valence-corrected chi connectivity index (χ3v) is 10.7. The van der Waals surface area contributed by atoms with Gasteiger partial charge in [-0.2, -0.15) is 0 Å². The first-order chi connectivity index (χ1) is 23.5. The average molecular weight is 674 g/mol. The Labute approximate surface area is 288 Å². The van der Waals surface area contributed by atoms with E-state index >= 15 is 0 Å². The van der Waals surface area contributed by atoms with Gasteiger partial charge in [0.1, 0.15) is 17.2 Å². The van der Waals surface area contributed by atoms with Gasteiger partial charge in [0.25, 0.3) is 0 Å². The van der Waals surface area contributed by atoms with Crippen molar-refractivity contribution in [1.82, 2.24) is 25.1 Å². The summed E-state index contributed by atoms with van der Waals surface area (Å²) >= 11 is 0. The molecular formula is C37H51N7O5. The molecule has 0 radical (unpaired) electrons. The number of benzene rings is 1. The summed E-state index contributed by atoms with van der Waals surface area (Å²) in [6.45, 7) is 13.2. The van der Waals surface area contributed by atoms with Crippen LogP contribution in [-0.2, 0) is 31.8 Å². The molecule has 1 spiro atoms.